The largest absolute Gasteiger partial charge is 0.483 e. The number of nitrogens with one attached hydrogen (secondary N) is 1. The summed E-state index contributed by atoms with van der Waals surface area (Å²) in [5, 5.41) is 2.94. The fourth-order valence-corrected chi connectivity index (χ4v) is 3.31. The normalized spacial score (nSPS) is 10.8. The molecular weight excluding hydrogens is 372 g/mol. The van der Waals surface area contributed by atoms with E-state index in [-0.39, 0.29) is 12.5 Å². The van der Waals surface area contributed by atoms with Crippen molar-refractivity contribution in [1.29, 1.82) is 0 Å². The van der Waals surface area contributed by atoms with Gasteiger partial charge in [0.2, 0.25) is 0 Å². The van der Waals surface area contributed by atoms with Crippen LogP contribution in [-0.4, -0.2) is 30.5 Å². The Morgan fingerprint density at radius 2 is 1.47 bits per heavy atom. The van der Waals surface area contributed by atoms with Gasteiger partial charge in [0.1, 0.15) is 5.75 Å². The molecule has 0 atom stereocenters. The maximum absolute atomic E-state index is 12.3. The topological polar surface area (TPSA) is 41.6 Å². The van der Waals surface area contributed by atoms with Crippen LogP contribution in [0.5, 0.6) is 5.75 Å². The molecular formula is C26H30N2O2. The molecule has 0 spiro atoms. The van der Waals surface area contributed by atoms with Crippen LogP contribution in [0, 0.1) is 0 Å². The smallest absolute Gasteiger partial charge is 0.258 e. The fraction of sp³-hybridized carbons (Fsp3) is 0.269. The highest BCUT2D eigenvalue weighted by molar-refractivity contribution is 5.78. The highest BCUT2D eigenvalue weighted by atomic mass is 16.5. The van der Waals surface area contributed by atoms with Gasteiger partial charge in [-0.2, -0.15) is 0 Å². The molecule has 0 radical (unpaired) electrons. The van der Waals surface area contributed by atoms with Gasteiger partial charge in [-0.15, -0.1) is 0 Å². The van der Waals surface area contributed by atoms with Crippen LogP contribution >= 0.6 is 0 Å². The summed E-state index contributed by atoms with van der Waals surface area (Å²) in [6, 6.07) is 26.2. The molecule has 0 unspecified atom stereocenters. The molecule has 4 nitrogen and oxygen atoms in total. The van der Waals surface area contributed by atoms with Crippen molar-refractivity contribution in [3.8, 4) is 16.9 Å². The van der Waals surface area contributed by atoms with E-state index in [0.717, 1.165) is 36.3 Å². The third kappa shape index (κ3) is 6.19. The molecule has 0 bridgehead atoms. The van der Waals surface area contributed by atoms with Crippen LogP contribution in [-0.2, 0) is 17.9 Å². The summed E-state index contributed by atoms with van der Waals surface area (Å²) >= 11 is 0. The van der Waals surface area contributed by atoms with Gasteiger partial charge in [-0.05, 0) is 35.8 Å². The minimum atomic E-state index is -0.134. The van der Waals surface area contributed by atoms with Crippen LogP contribution in [0.3, 0.4) is 0 Å². The molecule has 3 rings (SSSR count). The van der Waals surface area contributed by atoms with Gasteiger partial charge in [0, 0.05) is 18.7 Å². The zero-order valence-electron chi connectivity index (χ0n) is 17.8. The van der Waals surface area contributed by atoms with E-state index in [2.05, 4.69) is 48.3 Å². The van der Waals surface area contributed by atoms with E-state index in [1.807, 2.05) is 54.6 Å². The van der Waals surface area contributed by atoms with Crippen molar-refractivity contribution < 1.29 is 9.53 Å². The van der Waals surface area contributed by atoms with Crippen LogP contribution < -0.4 is 10.1 Å². The van der Waals surface area contributed by atoms with Crippen molar-refractivity contribution in [2.24, 2.45) is 0 Å². The summed E-state index contributed by atoms with van der Waals surface area (Å²) in [5.74, 6) is 0.574. The summed E-state index contributed by atoms with van der Waals surface area (Å²) in [6.45, 7) is 7.87. The van der Waals surface area contributed by atoms with Crippen molar-refractivity contribution in [3.63, 3.8) is 0 Å². The average molecular weight is 403 g/mol. The standard InChI is InChI=1S/C26H30N2O2/c1-3-28(4-2)19-22-16-14-21(15-17-22)18-27-26(29)20-30-25-13-9-8-12-24(25)23-10-6-5-7-11-23/h5-17H,3-4,18-20H2,1-2H3,(H,27,29). The molecule has 0 aliphatic carbocycles. The molecule has 0 heterocycles. The molecule has 0 saturated heterocycles. The molecule has 0 saturated carbocycles. The highest BCUT2D eigenvalue weighted by Gasteiger charge is 2.08. The number of carbonyl (C=O) groups is 1. The maximum atomic E-state index is 12.3. The first kappa shape index (κ1) is 21.6. The Bertz CT molecular complexity index is 919. The van der Waals surface area contributed by atoms with Crippen molar-refractivity contribution in [3.05, 3.63) is 90.0 Å². The first-order valence-electron chi connectivity index (χ1n) is 10.5. The van der Waals surface area contributed by atoms with Crippen LogP contribution in [0.2, 0.25) is 0 Å². The summed E-state index contributed by atoms with van der Waals surface area (Å²) in [6.07, 6.45) is 0. The quantitative estimate of drug-likeness (QED) is 0.525. The van der Waals surface area contributed by atoms with E-state index in [1.54, 1.807) is 0 Å². The Balaban J connectivity index is 1.50. The second-order valence-electron chi connectivity index (χ2n) is 7.21. The molecule has 1 amide bonds. The zero-order valence-corrected chi connectivity index (χ0v) is 17.8. The number of hydrogen-bond donors (Lipinski definition) is 1. The third-order valence-electron chi connectivity index (χ3n) is 5.14. The Kier molecular flexibility index (Phi) is 8.04. The molecule has 0 fully saturated rings. The van der Waals surface area contributed by atoms with Crippen molar-refractivity contribution in [1.82, 2.24) is 10.2 Å². The number of hydrogen-bond acceptors (Lipinski definition) is 3. The van der Waals surface area contributed by atoms with Crippen LogP contribution in [0.25, 0.3) is 11.1 Å². The molecule has 3 aromatic rings. The van der Waals surface area contributed by atoms with E-state index < -0.39 is 0 Å². The first-order valence-corrected chi connectivity index (χ1v) is 10.5. The second kappa shape index (κ2) is 11.2. The van der Waals surface area contributed by atoms with Gasteiger partial charge in [-0.1, -0.05) is 86.6 Å². The van der Waals surface area contributed by atoms with Gasteiger partial charge in [0.05, 0.1) is 0 Å². The van der Waals surface area contributed by atoms with E-state index >= 15 is 0 Å². The Morgan fingerprint density at radius 1 is 0.833 bits per heavy atom. The molecule has 4 heteroatoms. The lowest BCUT2D eigenvalue weighted by atomic mass is 10.1. The molecule has 30 heavy (non-hydrogen) atoms. The predicted molar refractivity (Wildman–Crippen MR) is 122 cm³/mol. The van der Waals surface area contributed by atoms with Gasteiger partial charge >= 0.3 is 0 Å². The van der Waals surface area contributed by atoms with Gasteiger partial charge in [-0.3, -0.25) is 9.69 Å². The second-order valence-corrected chi connectivity index (χ2v) is 7.21. The Morgan fingerprint density at radius 3 is 2.17 bits per heavy atom. The third-order valence-corrected chi connectivity index (χ3v) is 5.14. The molecule has 0 aliphatic heterocycles. The average Bonchev–Trinajstić information content (AvgIpc) is 2.81. The summed E-state index contributed by atoms with van der Waals surface area (Å²) < 4.78 is 5.81. The van der Waals surface area contributed by atoms with Gasteiger partial charge in [0.25, 0.3) is 5.91 Å². The number of carbonyl (C=O) groups excluding carboxylic acids is 1. The lowest BCUT2D eigenvalue weighted by Gasteiger charge is -2.18. The molecule has 0 aliphatic rings. The predicted octanol–water partition coefficient (Wildman–Crippen LogP) is 4.89. The van der Waals surface area contributed by atoms with E-state index in [1.165, 1.54) is 5.56 Å². The van der Waals surface area contributed by atoms with Crippen molar-refractivity contribution >= 4 is 5.91 Å². The van der Waals surface area contributed by atoms with Crippen molar-refractivity contribution in [2.45, 2.75) is 26.9 Å². The van der Waals surface area contributed by atoms with Crippen molar-refractivity contribution in [2.75, 3.05) is 19.7 Å². The molecule has 1 N–H and O–H groups in total. The minimum Gasteiger partial charge on any atom is -0.483 e. The van der Waals surface area contributed by atoms with Crippen LogP contribution in [0.15, 0.2) is 78.9 Å². The van der Waals surface area contributed by atoms with E-state index in [0.29, 0.717) is 12.3 Å². The van der Waals surface area contributed by atoms with E-state index in [9.17, 15) is 4.79 Å². The zero-order chi connectivity index (χ0) is 21.2. The van der Waals surface area contributed by atoms with Gasteiger partial charge in [0.15, 0.2) is 6.61 Å². The summed E-state index contributed by atoms with van der Waals surface area (Å²) in [7, 11) is 0. The molecule has 0 aromatic heterocycles. The monoisotopic (exact) mass is 402 g/mol. The molecule has 3 aromatic carbocycles. The van der Waals surface area contributed by atoms with E-state index in [4.69, 9.17) is 4.74 Å². The number of amides is 1. The highest BCUT2D eigenvalue weighted by Crippen LogP contribution is 2.29. The first-order chi connectivity index (χ1) is 14.7. The molecule has 156 valence electrons. The Hall–Kier alpha value is -3.11. The van der Waals surface area contributed by atoms with Gasteiger partial charge in [-0.25, -0.2) is 0 Å². The number of para-hydroxylation sites is 1. The lowest BCUT2D eigenvalue weighted by Crippen LogP contribution is -2.28. The number of rotatable bonds is 10. The van der Waals surface area contributed by atoms with Crippen LogP contribution in [0.1, 0.15) is 25.0 Å². The Labute approximate surface area is 179 Å². The number of nitrogens with zero attached hydrogens (tertiary/aromatic N) is 1. The summed E-state index contributed by atoms with van der Waals surface area (Å²) in [4.78, 5) is 14.7. The van der Waals surface area contributed by atoms with Gasteiger partial charge < -0.3 is 10.1 Å². The summed E-state index contributed by atoms with van der Waals surface area (Å²) in [5.41, 5.74) is 4.42. The maximum Gasteiger partial charge on any atom is 0.258 e. The number of ether oxygens (including phenoxy) is 1. The fourth-order valence-electron chi connectivity index (χ4n) is 3.31. The van der Waals surface area contributed by atoms with Crippen LogP contribution in [0.4, 0.5) is 0 Å². The minimum absolute atomic E-state index is 0.0100. The SMILES string of the molecule is CCN(CC)Cc1ccc(CNC(=O)COc2ccccc2-c2ccccc2)cc1. The lowest BCUT2D eigenvalue weighted by molar-refractivity contribution is -0.123. The number of benzene rings is 3.